The highest BCUT2D eigenvalue weighted by molar-refractivity contribution is 6.23. The molecular formula is C32H32NO8-. The van der Waals surface area contributed by atoms with E-state index >= 15 is 0 Å². The Morgan fingerprint density at radius 1 is 1.07 bits per heavy atom. The number of esters is 1. The summed E-state index contributed by atoms with van der Waals surface area (Å²) < 4.78 is 22.9. The number of aldehydes is 1. The van der Waals surface area contributed by atoms with Gasteiger partial charge in [0.15, 0.2) is 11.5 Å². The van der Waals surface area contributed by atoms with E-state index in [1.807, 2.05) is 13.0 Å². The van der Waals surface area contributed by atoms with Gasteiger partial charge in [-0.25, -0.2) is 4.79 Å². The number of rotatable bonds is 5. The molecule has 1 heterocycles. The molecule has 0 aromatic heterocycles. The number of ether oxygens (including phenoxy) is 4. The maximum absolute atomic E-state index is 13.9. The lowest BCUT2D eigenvalue weighted by Gasteiger charge is -2.26. The number of allylic oxidation sites excluding steroid dienone is 4. The number of fused-ring (bicyclic) bond motifs is 5. The lowest BCUT2D eigenvalue weighted by atomic mass is 9.94. The van der Waals surface area contributed by atoms with Crippen LogP contribution in [-0.4, -0.2) is 37.5 Å². The summed E-state index contributed by atoms with van der Waals surface area (Å²) in [6.45, 7) is 3.97. The van der Waals surface area contributed by atoms with Gasteiger partial charge in [-0.3, -0.25) is 10.0 Å². The number of hydrogen-bond acceptors (Lipinski definition) is 9. The molecule has 0 saturated carbocycles. The Morgan fingerprint density at radius 2 is 1.85 bits per heavy atom. The second-order valence-corrected chi connectivity index (χ2v) is 10.3. The van der Waals surface area contributed by atoms with E-state index < -0.39 is 12.1 Å². The van der Waals surface area contributed by atoms with Gasteiger partial charge in [0.1, 0.15) is 18.1 Å². The zero-order valence-corrected chi connectivity index (χ0v) is 23.3. The van der Waals surface area contributed by atoms with Crippen LogP contribution in [0.15, 0.2) is 65.3 Å². The van der Waals surface area contributed by atoms with Crippen LogP contribution in [0.3, 0.4) is 0 Å². The van der Waals surface area contributed by atoms with E-state index in [9.17, 15) is 20.0 Å². The fourth-order valence-electron chi connectivity index (χ4n) is 5.47. The molecule has 2 aliphatic rings. The zero-order valence-electron chi connectivity index (χ0n) is 23.3. The number of methoxy groups -OCH3 is 1. The van der Waals surface area contributed by atoms with Crippen LogP contribution in [0.5, 0.6) is 17.2 Å². The number of hydrogen-bond donors (Lipinski definition) is 1. The summed E-state index contributed by atoms with van der Waals surface area (Å²) in [6.07, 6.45) is 9.41. The molecule has 3 aromatic rings. The first kappa shape index (κ1) is 28.2. The van der Waals surface area contributed by atoms with Gasteiger partial charge in [-0.05, 0) is 74.8 Å². The second kappa shape index (κ2) is 12.0. The van der Waals surface area contributed by atoms with Gasteiger partial charge < -0.3 is 29.4 Å². The molecule has 1 aliphatic heterocycles. The molecule has 41 heavy (non-hydrogen) atoms. The van der Waals surface area contributed by atoms with Gasteiger partial charge in [-0.15, -0.1) is 0 Å². The van der Waals surface area contributed by atoms with Gasteiger partial charge in [0.2, 0.25) is 6.79 Å². The van der Waals surface area contributed by atoms with Crippen LogP contribution < -0.4 is 19.4 Å². The molecule has 214 valence electrons. The van der Waals surface area contributed by atoms with E-state index in [1.165, 1.54) is 24.8 Å². The van der Waals surface area contributed by atoms with E-state index in [0.29, 0.717) is 58.2 Å². The summed E-state index contributed by atoms with van der Waals surface area (Å²) in [5, 5.41) is 24.1. The third-order valence-electron chi connectivity index (χ3n) is 7.47. The minimum atomic E-state index is -0.735. The Labute approximate surface area is 237 Å². The zero-order chi connectivity index (χ0) is 29.1. The van der Waals surface area contributed by atoms with Crippen molar-refractivity contribution in [1.29, 1.82) is 0 Å². The molecule has 0 radical (unpaired) electrons. The fourth-order valence-corrected chi connectivity index (χ4v) is 5.47. The smallest absolute Gasteiger partial charge is 0.339 e. The van der Waals surface area contributed by atoms with Crippen LogP contribution in [0.4, 0.5) is 5.69 Å². The van der Waals surface area contributed by atoms with Gasteiger partial charge >= 0.3 is 5.97 Å². The summed E-state index contributed by atoms with van der Waals surface area (Å²) in [5.74, 6) is 0.387. The summed E-state index contributed by atoms with van der Waals surface area (Å²) in [4.78, 5) is 25.8. The van der Waals surface area contributed by atoms with Gasteiger partial charge in [0.05, 0.1) is 18.4 Å². The molecule has 0 fully saturated rings. The normalized spacial score (nSPS) is 17.6. The Kier molecular flexibility index (Phi) is 8.28. The summed E-state index contributed by atoms with van der Waals surface area (Å²) in [6, 6.07) is 8.24. The summed E-state index contributed by atoms with van der Waals surface area (Å²) in [5.41, 5.74) is 2.67. The lowest BCUT2D eigenvalue weighted by Crippen LogP contribution is -2.19. The Balaban J connectivity index is 1.65. The van der Waals surface area contributed by atoms with E-state index in [2.05, 4.69) is 19.1 Å². The Hall–Kier alpha value is -4.34. The molecule has 1 atom stereocenters. The summed E-state index contributed by atoms with van der Waals surface area (Å²) in [7, 11) is 1.50. The predicted octanol–water partition coefficient (Wildman–Crippen LogP) is 6.93. The van der Waals surface area contributed by atoms with Crippen LogP contribution in [0.2, 0.25) is 0 Å². The molecular weight excluding hydrogens is 526 g/mol. The van der Waals surface area contributed by atoms with Crippen molar-refractivity contribution in [3.63, 3.8) is 0 Å². The molecule has 9 nitrogen and oxygen atoms in total. The topological polar surface area (TPSA) is 118 Å². The SMILES string of the molecule is COc1cccc2c1cc(N([O-])O)c1c(C(=O)O[C@H]3C=C(C=O)CCC=C(C)CCC=C(C)C3)cc3c(c12)OCO3. The maximum Gasteiger partial charge on any atom is 0.339 e. The molecule has 0 bridgehead atoms. The first-order chi connectivity index (χ1) is 19.8. The fraction of sp³-hybridized carbons (Fsp3) is 0.312. The minimum absolute atomic E-state index is 0.0197. The minimum Gasteiger partial charge on any atom is -0.733 e. The molecule has 3 aromatic carbocycles. The molecule has 0 spiro atoms. The molecule has 0 saturated heterocycles. The highest BCUT2D eigenvalue weighted by Crippen LogP contribution is 2.49. The van der Waals surface area contributed by atoms with Crippen LogP contribution >= 0.6 is 0 Å². The number of anilines is 1. The van der Waals surface area contributed by atoms with Gasteiger partial charge in [-0.1, -0.05) is 35.4 Å². The van der Waals surface area contributed by atoms with Gasteiger partial charge in [0.25, 0.3) is 0 Å². The van der Waals surface area contributed by atoms with E-state index in [-0.39, 0.29) is 28.7 Å². The number of carbonyl (C=O) groups is 2. The third kappa shape index (κ3) is 5.77. The van der Waals surface area contributed by atoms with Crippen LogP contribution in [-0.2, 0) is 9.53 Å². The highest BCUT2D eigenvalue weighted by Gasteiger charge is 2.29. The number of carbonyl (C=O) groups excluding carboxylic acids is 2. The summed E-state index contributed by atoms with van der Waals surface area (Å²) >= 11 is 0. The van der Waals surface area contributed by atoms with E-state index in [1.54, 1.807) is 18.2 Å². The average molecular weight is 559 g/mol. The Bertz CT molecular complexity index is 1600. The van der Waals surface area contributed by atoms with Crippen molar-refractivity contribution in [3.05, 3.63) is 76.0 Å². The van der Waals surface area contributed by atoms with Crippen molar-refractivity contribution in [1.82, 2.24) is 0 Å². The van der Waals surface area contributed by atoms with Crippen molar-refractivity contribution in [3.8, 4) is 17.2 Å². The van der Waals surface area contributed by atoms with Crippen molar-refractivity contribution in [2.24, 2.45) is 0 Å². The molecule has 0 unspecified atom stereocenters. The van der Waals surface area contributed by atoms with Gasteiger partial charge in [-0.2, -0.15) is 0 Å². The lowest BCUT2D eigenvalue weighted by molar-refractivity contribution is -0.105. The average Bonchev–Trinajstić information content (AvgIpc) is 3.43. The van der Waals surface area contributed by atoms with Crippen molar-refractivity contribution in [2.45, 2.75) is 52.1 Å². The highest BCUT2D eigenvalue weighted by atomic mass is 16.8. The first-order valence-electron chi connectivity index (χ1n) is 13.5. The molecule has 5 rings (SSSR count). The van der Waals surface area contributed by atoms with Crippen molar-refractivity contribution >= 4 is 39.5 Å². The van der Waals surface area contributed by atoms with Gasteiger partial charge in [0, 0.05) is 22.6 Å². The first-order valence-corrected chi connectivity index (χ1v) is 13.5. The van der Waals surface area contributed by atoms with Crippen LogP contribution in [0.1, 0.15) is 56.3 Å². The quantitative estimate of drug-likeness (QED) is 0.117. The standard InChI is InChI=1S/C32H32NO8/c1-19-7-4-9-20(2)13-22(14-21(17-34)10-5-8-19)41-32(35)25-16-28-31(40-18-39-28)30-23-11-6-12-27(38-3)24(23)15-26(29(25)30)33(36)37/h6,8-9,11-12,14-17,22,36H,4-5,7,10,13,18H2,1-3H3/q-1/t22-/m1/s1. The van der Waals surface area contributed by atoms with E-state index in [0.717, 1.165) is 24.7 Å². The monoisotopic (exact) mass is 558 g/mol. The van der Waals surface area contributed by atoms with Crippen molar-refractivity contribution < 1.29 is 33.7 Å². The molecule has 1 N–H and O–H groups in total. The Morgan fingerprint density at radius 3 is 2.61 bits per heavy atom. The predicted molar refractivity (Wildman–Crippen MR) is 156 cm³/mol. The largest absolute Gasteiger partial charge is 0.733 e. The van der Waals surface area contributed by atoms with Crippen molar-refractivity contribution in [2.75, 3.05) is 19.1 Å². The molecule has 1 aliphatic carbocycles. The number of benzene rings is 3. The third-order valence-corrected chi connectivity index (χ3v) is 7.47. The van der Waals surface area contributed by atoms with Crippen LogP contribution in [0, 0.1) is 5.21 Å². The van der Waals surface area contributed by atoms with E-state index in [4.69, 9.17) is 18.9 Å². The molecule has 0 amide bonds. The number of nitrogens with zero attached hydrogens (tertiary/aromatic N) is 1. The second-order valence-electron chi connectivity index (χ2n) is 10.3. The molecule has 9 heteroatoms. The van der Waals surface area contributed by atoms with Crippen LogP contribution in [0.25, 0.3) is 21.5 Å². The maximum atomic E-state index is 13.9.